The first kappa shape index (κ1) is 15.8. The summed E-state index contributed by atoms with van der Waals surface area (Å²) in [5.74, 6) is -1.27. The van der Waals surface area contributed by atoms with Gasteiger partial charge in [-0.1, -0.05) is 12.1 Å². The zero-order chi connectivity index (χ0) is 16.3. The molecule has 2 rings (SSSR count). The molecule has 0 fully saturated rings. The van der Waals surface area contributed by atoms with Crippen LogP contribution in [-0.4, -0.2) is 28.1 Å². The van der Waals surface area contributed by atoms with Gasteiger partial charge >= 0.3 is 5.97 Å². The quantitative estimate of drug-likeness (QED) is 0.869. The standard InChI is InChI=1S/C16H18N2O4/c1-16(2,15(21)22)10-17-14(20)9-18-8-7-13(19)11-5-3-4-6-12(11)18/h3-8H,9-10H2,1-2H3,(H,17,20)(H,21,22). The smallest absolute Gasteiger partial charge is 0.310 e. The summed E-state index contributed by atoms with van der Waals surface area (Å²) in [5, 5.41) is 12.2. The fourth-order valence-electron chi connectivity index (χ4n) is 2.00. The van der Waals surface area contributed by atoms with E-state index in [1.54, 1.807) is 48.9 Å². The van der Waals surface area contributed by atoms with Gasteiger partial charge in [0.25, 0.3) is 0 Å². The lowest BCUT2D eigenvalue weighted by Gasteiger charge is -2.20. The summed E-state index contributed by atoms with van der Waals surface area (Å²) in [6.45, 7) is 3.16. The molecule has 1 aromatic heterocycles. The molecule has 6 nitrogen and oxygen atoms in total. The normalized spacial score (nSPS) is 11.4. The lowest BCUT2D eigenvalue weighted by Crippen LogP contribution is -2.40. The Labute approximate surface area is 127 Å². The molecule has 2 N–H and O–H groups in total. The molecule has 1 aromatic carbocycles. The Morgan fingerprint density at radius 1 is 1.23 bits per heavy atom. The van der Waals surface area contributed by atoms with E-state index < -0.39 is 11.4 Å². The second kappa shape index (κ2) is 6.01. The number of carboxylic acid groups (broad SMARTS) is 1. The minimum Gasteiger partial charge on any atom is -0.481 e. The van der Waals surface area contributed by atoms with Crippen molar-refractivity contribution >= 4 is 22.8 Å². The van der Waals surface area contributed by atoms with Gasteiger partial charge < -0.3 is 15.0 Å². The van der Waals surface area contributed by atoms with E-state index in [9.17, 15) is 14.4 Å². The molecule has 22 heavy (non-hydrogen) atoms. The maximum atomic E-state index is 12.0. The third-order valence-electron chi connectivity index (χ3n) is 3.51. The van der Waals surface area contributed by atoms with Crippen molar-refractivity contribution in [2.75, 3.05) is 6.54 Å². The first-order valence-corrected chi connectivity index (χ1v) is 6.89. The lowest BCUT2D eigenvalue weighted by atomic mass is 9.94. The summed E-state index contributed by atoms with van der Waals surface area (Å²) in [4.78, 5) is 34.8. The number of hydrogen-bond donors (Lipinski definition) is 2. The molecular formula is C16H18N2O4. The molecule has 1 heterocycles. The number of pyridine rings is 1. The summed E-state index contributed by atoms with van der Waals surface area (Å²) >= 11 is 0. The molecule has 1 amide bonds. The molecule has 0 radical (unpaired) electrons. The second-order valence-corrected chi connectivity index (χ2v) is 5.79. The van der Waals surface area contributed by atoms with E-state index in [1.165, 1.54) is 6.07 Å². The predicted molar refractivity (Wildman–Crippen MR) is 82.6 cm³/mol. The van der Waals surface area contributed by atoms with E-state index in [0.29, 0.717) is 10.9 Å². The van der Waals surface area contributed by atoms with E-state index in [-0.39, 0.29) is 24.4 Å². The Balaban J connectivity index is 2.15. The van der Waals surface area contributed by atoms with E-state index in [2.05, 4.69) is 5.32 Å². The van der Waals surface area contributed by atoms with Crippen LogP contribution in [0.25, 0.3) is 10.9 Å². The molecule has 0 bridgehead atoms. The number of rotatable bonds is 5. The minimum absolute atomic E-state index is 0.0243. The highest BCUT2D eigenvalue weighted by molar-refractivity contribution is 5.82. The van der Waals surface area contributed by atoms with Crippen LogP contribution in [0.4, 0.5) is 0 Å². The van der Waals surface area contributed by atoms with E-state index in [4.69, 9.17) is 5.11 Å². The average molecular weight is 302 g/mol. The number of aromatic nitrogens is 1. The van der Waals surface area contributed by atoms with Crippen molar-refractivity contribution in [1.82, 2.24) is 9.88 Å². The number of carbonyl (C=O) groups excluding carboxylic acids is 1. The van der Waals surface area contributed by atoms with Gasteiger partial charge in [-0.15, -0.1) is 0 Å². The first-order valence-electron chi connectivity index (χ1n) is 6.89. The van der Waals surface area contributed by atoms with Crippen LogP contribution in [0, 0.1) is 5.41 Å². The van der Waals surface area contributed by atoms with Crippen LogP contribution in [0.1, 0.15) is 13.8 Å². The molecule has 0 aliphatic carbocycles. The summed E-state index contributed by atoms with van der Waals surface area (Å²) in [5.41, 5.74) is -0.455. The Hall–Kier alpha value is -2.63. The van der Waals surface area contributed by atoms with Crippen molar-refractivity contribution < 1.29 is 14.7 Å². The van der Waals surface area contributed by atoms with E-state index >= 15 is 0 Å². The number of carboxylic acids is 1. The van der Waals surface area contributed by atoms with E-state index in [1.807, 2.05) is 0 Å². The maximum absolute atomic E-state index is 12.0. The van der Waals surface area contributed by atoms with Crippen molar-refractivity contribution in [3.63, 3.8) is 0 Å². The van der Waals surface area contributed by atoms with Gasteiger partial charge in [0.1, 0.15) is 6.54 Å². The molecule has 0 aliphatic heterocycles. The van der Waals surface area contributed by atoms with Gasteiger partial charge in [-0.05, 0) is 26.0 Å². The van der Waals surface area contributed by atoms with Crippen LogP contribution in [0.15, 0.2) is 41.3 Å². The highest BCUT2D eigenvalue weighted by Gasteiger charge is 2.27. The molecule has 0 saturated carbocycles. The topological polar surface area (TPSA) is 88.4 Å². The fourth-order valence-corrected chi connectivity index (χ4v) is 2.00. The average Bonchev–Trinajstić information content (AvgIpc) is 2.48. The zero-order valence-electron chi connectivity index (χ0n) is 12.5. The monoisotopic (exact) mass is 302 g/mol. The molecule has 0 atom stereocenters. The van der Waals surface area contributed by atoms with Crippen molar-refractivity contribution in [2.45, 2.75) is 20.4 Å². The van der Waals surface area contributed by atoms with Crippen LogP contribution >= 0.6 is 0 Å². The SMILES string of the molecule is CC(C)(CNC(=O)Cn1ccc(=O)c2ccccc21)C(=O)O. The molecule has 0 saturated heterocycles. The number of hydrogen-bond acceptors (Lipinski definition) is 3. The van der Waals surface area contributed by atoms with Gasteiger partial charge in [0.15, 0.2) is 5.43 Å². The van der Waals surface area contributed by atoms with Crippen LogP contribution in [0.5, 0.6) is 0 Å². The zero-order valence-corrected chi connectivity index (χ0v) is 12.5. The van der Waals surface area contributed by atoms with E-state index in [0.717, 1.165) is 0 Å². The Bertz CT molecular complexity index is 777. The van der Waals surface area contributed by atoms with Gasteiger partial charge in [-0.2, -0.15) is 0 Å². The highest BCUT2D eigenvalue weighted by atomic mass is 16.4. The van der Waals surface area contributed by atoms with Crippen LogP contribution in [0.3, 0.4) is 0 Å². The molecule has 0 unspecified atom stereocenters. The fraction of sp³-hybridized carbons (Fsp3) is 0.312. The largest absolute Gasteiger partial charge is 0.481 e. The molecule has 2 aromatic rings. The van der Waals surface area contributed by atoms with Gasteiger partial charge in [0, 0.05) is 24.2 Å². The van der Waals surface area contributed by atoms with Crippen molar-refractivity contribution in [3.05, 3.63) is 46.8 Å². The van der Waals surface area contributed by atoms with Crippen LogP contribution in [-0.2, 0) is 16.1 Å². The number of benzene rings is 1. The van der Waals surface area contributed by atoms with Crippen molar-refractivity contribution in [2.24, 2.45) is 5.41 Å². The van der Waals surface area contributed by atoms with Crippen molar-refractivity contribution in [3.8, 4) is 0 Å². The summed E-state index contributed by atoms with van der Waals surface area (Å²) in [7, 11) is 0. The lowest BCUT2D eigenvalue weighted by molar-refractivity contribution is -0.146. The number of carbonyl (C=O) groups is 2. The Morgan fingerprint density at radius 3 is 2.59 bits per heavy atom. The predicted octanol–water partition coefficient (Wildman–Crippen LogP) is 1.23. The van der Waals surface area contributed by atoms with Crippen LogP contribution < -0.4 is 10.7 Å². The van der Waals surface area contributed by atoms with Gasteiger partial charge in [-0.3, -0.25) is 14.4 Å². The Kier molecular flexibility index (Phi) is 4.30. The summed E-state index contributed by atoms with van der Waals surface area (Å²) in [6, 6.07) is 8.45. The minimum atomic E-state index is -1.03. The highest BCUT2D eigenvalue weighted by Crippen LogP contribution is 2.13. The van der Waals surface area contributed by atoms with Gasteiger partial charge in [0.2, 0.25) is 5.91 Å². The first-order chi connectivity index (χ1) is 10.3. The Morgan fingerprint density at radius 2 is 1.91 bits per heavy atom. The summed E-state index contributed by atoms with van der Waals surface area (Å²) < 4.78 is 1.67. The van der Waals surface area contributed by atoms with Crippen LogP contribution in [0.2, 0.25) is 0 Å². The number of fused-ring (bicyclic) bond motifs is 1. The molecular weight excluding hydrogens is 284 g/mol. The molecule has 6 heteroatoms. The maximum Gasteiger partial charge on any atom is 0.310 e. The van der Waals surface area contributed by atoms with Gasteiger partial charge in [-0.25, -0.2) is 0 Å². The second-order valence-electron chi connectivity index (χ2n) is 5.79. The number of nitrogens with one attached hydrogen (secondary N) is 1. The number of nitrogens with zero attached hydrogens (tertiary/aromatic N) is 1. The molecule has 116 valence electrons. The number of para-hydroxylation sites is 1. The molecule has 0 aliphatic rings. The summed E-state index contributed by atoms with van der Waals surface area (Å²) in [6.07, 6.45) is 1.56. The third-order valence-corrected chi connectivity index (χ3v) is 3.51. The molecule has 0 spiro atoms. The van der Waals surface area contributed by atoms with Crippen molar-refractivity contribution in [1.29, 1.82) is 0 Å². The van der Waals surface area contributed by atoms with Gasteiger partial charge in [0.05, 0.1) is 10.9 Å². The third kappa shape index (κ3) is 3.33. The number of amides is 1. The number of aliphatic carboxylic acids is 1.